The number of esters is 1. The molecule has 16 heavy (non-hydrogen) atoms. The Hall–Kier alpha value is -1.97. The predicted molar refractivity (Wildman–Crippen MR) is 59.4 cm³/mol. The molecule has 0 saturated carbocycles. The lowest BCUT2D eigenvalue weighted by molar-refractivity contribution is 0.0600. The molecule has 0 bridgehead atoms. The molecule has 0 heterocycles. The second-order valence-corrected chi connectivity index (χ2v) is 2.90. The number of benzene rings is 1. The molecule has 0 amide bonds. The normalized spacial score (nSPS) is 9.31. The number of hydrogen-bond acceptors (Lipinski definition) is 4. The van der Waals surface area contributed by atoms with Crippen molar-refractivity contribution in [3.63, 3.8) is 0 Å². The minimum absolute atomic E-state index is 0.360. The molecule has 0 saturated heterocycles. The highest BCUT2D eigenvalue weighted by atomic mass is 16.5. The third-order valence-corrected chi connectivity index (χ3v) is 1.86. The van der Waals surface area contributed by atoms with Crippen LogP contribution in [-0.2, 0) is 9.47 Å². The molecule has 0 unspecified atom stereocenters. The van der Waals surface area contributed by atoms with E-state index in [4.69, 9.17) is 9.47 Å². The molecule has 86 valence electrons. The summed E-state index contributed by atoms with van der Waals surface area (Å²) in [5.41, 5.74) is 0.497. The van der Waals surface area contributed by atoms with Crippen molar-refractivity contribution in [3.05, 3.63) is 42.7 Å². The lowest BCUT2D eigenvalue weighted by atomic mass is 10.2. The van der Waals surface area contributed by atoms with Gasteiger partial charge in [0.2, 0.25) is 0 Å². The second-order valence-electron chi connectivity index (χ2n) is 2.90. The van der Waals surface area contributed by atoms with Crippen LogP contribution in [0.3, 0.4) is 0 Å². The number of methoxy groups -OCH3 is 1. The first-order chi connectivity index (χ1) is 7.77. The van der Waals surface area contributed by atoms with Gasteiger partial charge in [0.25, 0.3) is 0 Å². The molecule has 1 rings (SSSR count). The van der Waals surface area contributed by atoms with Crippen molar-refractivity contribution in [3.8, 4) is 5.75 Å². The summed E-state index contributed by atoms with van der Waals surface area (Å²) in [4.78, 5) is 11.1. The van der Waals surface area contributed by atoms with Crippen LogP contribution >= 0.6 is 0 Å². The van der Waals surface area contributed by atoms with E-state index in [1.54, 1.807) is 24.3 Å². The lowest BCUT2D eigenvalue weighted by Crippen LogP contribution is -2.04. The zero-order chi connectivity index (χ0) is 11.8. The fourth-order valence-corrected chi connectivity index (χ4v) is 1.10. The minimum Gasteiger partial charge on any atom is -0.498 e. The number of carbonyl (C=O) groups is 1. The highest BCUT2D eigenvalue weighted by Crippen LogP contribution is 2.12. The van der Waals surface area contributed by atoms with Crippen LogP contribution in [0.25, 0.3) is 0 Å². The molecule has 1 aromatic carbocycles. The maximum atomic E-state index is 11.1. The first-order valence-electron chi connectivity index (χ1n) is 4.81. The Morgan fingerprint density at radius 3 is 2.56 bits per heavy atom. The van der Waals surface area contributed by atoms with E-state index in [0.29, 0.717) is 24.5 Å². The van der Waals surface area contributed by atoms with Gasteiger partial charge in [-0.15, -0.1) is 0 Å². The number of carbonyl (C=O) groups excluding carboxylic acids is 1. The van der Waals surface area contributed by atoms with Crippen molar-refractivity contribution in [2.75, 3.05) is 20.3 Å². The Balaban J connectivity index is 2.45. The molecule has 0 radical (unpaired) electrons. The minimum atomic E-state index is -0.360. The van der Waals surface area contributed by atoms with Crippen LogP contribution in [0.5, 0.6) is 5.75 Å². The van der Waals surface area contributed by atoms with Gasteiger partial charge >= 0.3 is 5.97 Å². The van der Waals surface area contributed by atoms with Crippen molar-refractivity contribution in [2.24, 2.45) is 0 Å². The third kappa shape index (κ3) is 3.65. The van der Waals surface area contributed by atoms with Crippen LogP contribution in [0.15, 0.2) is 37.1 Å². The van der Waals surface area contributed by atoms with E-state index in [1.807, 2.05) is 0 Å². The first-order valence-corrected chi connectivity index (χ1v) is 4.81. The summed E-state index contributed by atoms with van der Waals surface area (Å²) < 4.78 is 14.8. The van der Waals surface area contributed by atoms with Gasteiger partial charge in [0.05, 0.1) is 18.9 Å². The van der Waals surface area contributed by atoms with Crippen LogP contribution in [0.2, 0.25) is 0 Å². The summed E-state index contributed by atoms with van der Waals surface area (Å²) in [5.74, 6) is 0.321. The fourth-order valence-electron chi connectivity index (χ4n) is 1.10. The molecule has 4 heteroatoms. The fraction of sp³-hybridized carbons (Fsp3) is 0.250. The third-order valence-electron chi connectivity index (χ3n) is 1.86. The van der Waals surface area contributed by atoms with Gasteiger partial charge in [-0.25, -0.2) is 4.79 Å². The zero-order valence-electron chi connectivity index (χ0n) is 9.14. The van der Waals surface area contributed by atoms with Crippen molar-refractivity contribution >= 4 is 5.97 Å². The average Bonchev–Trinajstić information content (AvgIpc) is 2.34. The van der Waals surface area contributed by atoms with Gasteiger partial charge in [-0.3, -0.25) is 0 Å². The SMILES string of the molecule is C=COCCOc1ccc(C(=O)OC)cc1. The smallest absolute Gasteiger partial charge is 0.337 e. The highest BCUT2D eigenvalue weighted by Gasteiger charge is 2.04. The number of ether oxygens (including phenoxy) is 3. The maximum absolute atomic E-state index is 11.1. The summed E-state index contributed by atoms with van der Waals surface area (Å²) in [7, 11) is 1.35. The van der Waals surface area contributed by atoms with Crippen LogP contribution < -0.4 is 4.74 Å². The molecule has 4 nitrogen and oxygen atoms in total. The van der Waals surface area contributed by atoms with Gasteiger partial charge in [-0.2, -0.15) is 0 Å². The van der Waals surface area contributed by atoms with Gasteiger partial charge in [0.1, 0.15) is 19.0 Å². The van der Waals surface area contributed by atoms with Crippen LogP contribution in [0.1, 0.15) is 10.4 Å². The van der Waals surface area contributed by atoms with Crippen LogP contribution in [-0.4, -0.2) is 26.3 Å². The van der Waals surface area contributed by atoms with E-state index >= 15 is 0 Å². The lowest BCUT2D eigenvalue weighted by Gasteiger charge is -2.06. The van der Waals surface area contributed by atoms with Gasteiger partial charge in [0.15, 0.2) is 0 Å². The van der Waals surface area contributed by atoms with Crippen molar-refractivity contribution < 1.29 is 19.0 Å². The van der Waals surface area contributed by atoms with E-state index in [2.05, 4.69) is 11.3 Å². The Labute approximate surface area is 94.4 Å². The molecule has 0 fully saturated rings. The summed E-state index contributed by atoms with van der Waals surface area (Å²) in [6.45, 7) is 4.30. The van der Waals surface area contributed by atoms with Crippen molar-refractivity contribution in [1.29, 1.82) is 0 Å². The Morgan fingerprint density at radius 2 is 2.00 bits per heavy atom. The highest BCUT2D eigenvalue weighted by molar-refractivity contribution is 5.89. The molecule has 1 aromatic rings. The Bertz CT molecular complexity index is 343. The zero-order valence-corrected chi connectivity index (χ0v) is 9.14. The quantitative estimate of drug-likeness (QED) is 0.419. The van der Waals surface area contributed by atoms with E-state index in [-0.39, 0.29) is 5.97 Å². The summed E-state index contributed by atoms with van der Waals surface area (Å²) in [6, 6.07) is 6.71. The number of rotatable bonds is 6. The standard InChI is InChI=1S/C12H14O4/c1-3-15-8-9-16-11-6-4-10(5-7-11)12(13)14-2/h3-7H,1,8-9H2,2H3. The monoisotopic (exact) mass is 222 g/mol. The largest absolute Gasteiger partial charge is 0.498 e. The first kappa shape index (κ1) is 12.1. The van der Waals surface area contributed by atoms with Crippen LogP contribution in [0.4, 0.5) is 0 Å². The molecular weight excluding hydrogens is 208 g/mol. The number of hydrogen-bond donors (Lipinski definition) is 0. The Kier molecular flexibility index (Phi) is 4.92. The average molecular weight is 222 g/mol. The molecule has 0 N–H and O–H groups in total. The topological polar surface area (TPSA) is 44.8 Å². The molecule has 0 atom stereocenters. The van der Waals surface area contributed by atoms with Gasteiger partial charge in [-0.1, -0.05) is 6.58 Å². The molecule has 0 aliphatic rings. The summed E-state index contributed by atoms with van der Waals surface area (Å²) in [5, 5.41) is 0. The Morgan fingerprint density at radius 1 is 1.31 bits per heavy atom. The predicted octanol–water partition coefficient (Wildman–Crippen LogP) is 2.01. The van der Waals surface area contributed by atoms with Gasteiger partial charge < -0.3 is 14.2 Å². The molecule has 0 spiro atoms. The summed E-state index contributed by atoms with van der Waals surface area (Å²) >= 11 is 0. The molecule has 0 aliphatic heterocycles. The van der Waals surface area contributed by atoms with E-state index < -0.39 is 0 Å². The molecule has 0 aliphatic carbocycles. The van der Waals surface area contributed by atoms with Gasteiger partial charge in [-0.05, 0) is 24.3 Å². The van der Waals surface area contributed by atoms with E-state index in [0.717, 1.165) is 0 Å². The molecule has 0 aromatic heterocycles. The van der Waals surface area contributed by atoms with Crippen LogP contribution in [0, 0.1) is 0 Å². The maximum Gasteiger partial charge on any atom is 0.337 e. The van der Waals surface area contributed by atoms with Crippen molar-refractivity contribution in [1.82, 2.24) is 0 Å². The van der Waals surface area contributed by atoms with E-state index in [1.165, 1.54) is 13.4 Å². The van der Waals surface area contributed by atoms with Gasteiger partial charge in [0, 0.05) is 0 Å². The second kappa shape index (κ2) is 6.50. The molecular formula is C12H14O4. The van der Waals surface area contributed by atoms with Crippen molar-refractivity contribution in [2.45, 2.75) is 0 Å². The summed E-state index contributed by atoms with van der Waals surface area (Å²) in [6.07, 6.45) is 1.36. The van der Waals surface area contributed by atoms with E-state index in [9.17, 15) is 4.79 Å².